The van der Waals surface area contributed by atoms with E-state index in [0.29, 0.717) is 17.4 Å². The van der Waals surface area contributed by atoms with Gasteiger partial charge in [-0.2, -0.15) is 0 Å². The lowest BCUT2D eigenvalue weighted by Gasteiger charge is -2.10. The molecule has 22 heavy (non-hydrogen) atoms. The van der Waals surface area contributed by atoms with Gasteiger partial charge in [-0.1, -0.05) is 58.4 Å². The second-order valence-corrected chi connectivity index (χ2v) is 7.44. The SMILES string of the molecule is O=S(=O)(CCc1ccccc1)Nc1ccc(C(O)CBr)cc1. The second-order valence-electron chi connectivity index (χ2n) is 4.95. The van der Waals surface area contributed by atoms with Gasteiger partial charge in [-0.3, -0.25) is 4.72 Å². The molecule has 1 atom stereocenters. The Kier molecular flexibility index (Phi) is 5.99. The van der Waals surface area contributed by atoms with Gasteiger partial charge in [0.2, 0.25) is 10.0 Å². The van der Waals surface area contributed by atoms with Crippen LogP contribution in [0.5, 0.6) is 0 Å². The zero-order valence-corrected chi connectivity index (χ0v) is 14.3. The molecule has 0 heterocycles. The van der Waals surface area contributed by atoms with Gasteiger partial charge in [0.15, 0.2) is 0 Å². The van der Waals surface area contributed by atoms with Gasteiger partial charge in [-0.05, 0) is 29.7 Å². The summed E-state index contributed by atoms with van der Waals surface area (Å²) in [5.41, 5.74) is 2.23. The zero-order valence-electron chi connectivity index (χ0n) is 11.9. The number of rotatable bonds is 7. The van der Waals surface area contributed by atoms with Gasteiger partial charge in [0.1, 0.15) is 0 Å². The maximum absolute atomic E-state index is 12.1. The van der Waals surface area contributed by atoms with Crippen molar-refractivity contribution in [2.24, 2.45) is 0 Å². The Morgan fingerprint density at radius 2 is 1.68 bits per heavy atom. The van der Waals surface area contributed by atoms with Crippen LogP contribution in [0.4, 0.5) is 5.69 Å². The van der Waals surface area contributed by atoms with Crippen molar-refractivity contribution in [2.45, 2.75) is 12.5 Å². The molecule has 1 unspecified atom stereocenters. The number of sulfonamides is 1. The Bertz CT molecular complexity index is 687. The van der Waals surface area contributed by atoms with Crippen LogP contribution in [0.15, 0.2) is 54.6 Å². The van der Waals surface area contributed by atoms with E-state index in [4.69, 9.17) is 0 Å². The van der Waals surface area contributed by atoms with Gasteiger partial charge in [-0.15, -0.1) is 0 Å². The van der Waals surface area contributed by atoms with Crippen LogP contribution in [0.2, 0.25) is 0 Å². The van der Waals surface area contributed by atoms with E-state index in [0.717, 1.165) is 11.1 Å². The van der Waals surface area contributed by atoms with Crippen LogP contribution in [0.1, 0.15) is 17.2 Å². The lowest BCUT2D eigenvalue weighted by molar-refractivity contribution is 0.205. The van der Waals surface area contributed by atoms with Crippen molar-refractivity contribution in [2.75, 3.05) is 15.8 Å². The molecule has 2 N–H and O–H groups in total. The van der Waals surface area contributed by atoms with Gasteiger partial charge < -0.3 is 5.11 Å². The van der Waals surface area contributed by atoms with Crippen molar-refractivity contribution in [3.05, 3.63) is 65.7 Å². The fourth-order valence-electron chi connectivity index (χ4n) is 1.99. The number of aryl methyl sites for hydroxylation is 1. The quantitative estimate of drug-likeness (QED) is 0.721. The van der Waals surface area contributed by atoms with Crippen molar-refractivity contribution in [3.8, 4) is 0 Å². The van der Waals surface area contributed by atoms with Crippen LogP contribution in [0.3, 0.4) is 0 Å². The Labute approximate surface area is 139 Å². The lowest BCUT2D eigenvalue weighted by Crippen LogP contribution is -2.18. The fraction of sp³-hybridized carbons (Fsp3) is 0.250. The highest BCUT2D eigenvalue weighted by Gasteiger charge is 2.11. The molecule has 0 aliphatic rings. The van der Waals surface area contributed by atoms with Crippen molar-refractivity contribution in [1.82, 2.24) is 0 Å². The molecule has 0 amide bonds. The van der Waals surface area contributed by atoms with Crippen molar-refractivity contribution in [1.29, 1.82) is 0 Å². The number of aliphatic hydroxyl groups excluding tert-OH is 1. The zero-order chi connectivity index (χ0) is 16.0. The summed E-state index contributed by atoms with van der Waals surface area (Å²) in [5, 5.41) is 10.1. The normalized spacial score (nSPS) is 12.8. The van der Waals surface area contributed by atoms with E-state index in [1.807, 2.05) is 30.3 Å². The van der Waals surface area contributed by atoms with Crippen LogP contribution in [0.25, 0.3) is 0 Å². The fourth-order valence-corrected chi connectivity index (χ4v) is 3.47. The van der Waals surface area contributed by atoms with Gasteiger partial charge in [0.05, 0.1) is 11.9 Å². The highest BCUT2D eigenvalue weighted by Crippen LogP contribution is 2.18. The van der Waals surface area contributed by atoms with Crippen molar-refractivity contribution in [3.63, 3.8) is 0 Å². The Balaban J connectivity index is 1.96. The van der Waals surface area contributed by atoms with E-state index in [-0.39, 0.29) is 5.75 Å². The highest BCUT2D eigenvalue weighted by atomic mass is 79.9. The summed E-state index contributed by atoms with van der Waals surface area (Å²) in [7, 11) is -3.39. The van der Waals surface area contributed by atoms with Crippen LogP contribution >= 0.6 is 15.9 Å². The van der Waals surface area contributed by atoms with E-state index in [1.54, 1.807) is 24.3 Å². The molecule has 4 nitrogen and oxygen atoms in total. The molecule has 0 saturated heterocycles. The first-order valence-electron chi connectivity index (χ1n) is 6.88. The third kappa shape index (κ3) is 5.12. The number of hydrogen-bond acceptors (Lipinski definition) is 3. The minimum Gasteiger partial charge on any atom is -0.388 e. The summed E-state index contributed by atoms with van der Waals surface area (Å²) >= 11 is 3.20. The third-order valence-electron chi connectivity index (χ3n) is 3.22. The molecule has 0 bridgehead atoms. The third-order valence-corrected chi connectivity index (χ3v) is 5.12. The summed E-state index contributed by atoms with van der Waals surface area (Å²) < 4.78 is 26.7. The largest absolute Gasteiger partial charge is 0.388 e. The molecule has 0 spiro atoms. The number of aliphatic hydroxyl groups is 1. The van der Waals surface area contributed by atoms with Crippen LogP contribution < -0.4 is 4.72 Å². The predicted octanol–water partition coefficient (Wildman–Crippen LogP) is 3.10. The Morgan fingerprint density at radius 3 is 2.27 bits per heavy atom. The average molecular weight is 384 g/mol. The molecule has 0 saturated carbocycles. The van der Waals surface area contributed by atoms with Gasteiger partial charge >= 0.3 is 0 Å². The summed E-state index contributed by atoms with van der Waals surface area (Å²) in [6.07, 6.45) is -0.125. The molecule has 0 aliphatic carbocycles. The maximum Gasteiger partial charge on any atom is 0.233 e. The Morgan fingerprint density at radius 1 is 1.05 bits per heavy atom. The lowest BCUT2D eigenvalue weighted by atomic mass is 10.1. The molecule has 6 heteroatoms. The molecule has 0 radical (unpaired) electrons. The van der Waals surface area contributed by atoms with E-state index >= 15 is 0 Å². The maximum atomic E-state index is 12.1. The number of benzene rings is 2. The number of anilines is 1. The van der Waals surface area contributed by atoms with Crippen molar-refractivity contribution >= 4 is 31.6 Å². The van der Waals surface area contributed by atoms with Crippen LogP contribution in [-0.2, 0) is 16.4 Å². The highest BCUT2D eigenvalue weighted by molar-refractivity contribution is 9.09. The van der Waals surface area contributed by atoms with Gasteiger partial charge in [0.25, 0.3) is 0 Å². The Hall–Kier alpha value is -1.37. The first-order chi connectivity index (χ1) is 10.5. The van der Waals surface area contributed by atoms with E-state index in [9.17, 15) is 13.5 Å². The topological polar surface area (TPSA) is 66.4 Å². The van der Waals surface area contributed by atoms with E-state index in [1.165, 1.54) is 0 Å². The first kappa shape index (κ1) is 17.0. The molecule has 0 aromatic heterocycles. The van der Waals surface area contributed by atoms with E-state index in [2.05, 4.69) is 20.7 Å². The molecule has 2 rings (SSSR count). The average Bonchev–Trinajstić information content (AvgIpc) is 2.54. The summed E-state index contributed by atoms with van der Waals surface area (Å²) in [6.45, 7) is 0. The summed E-state index contributed by atoms with van der Waals surface area (Å²) in [5.74, 6) is 0.0305. The first-order valence-corrected chi connectivity index (χ1v) is 9.66. The van der Waals surface area contributed by atoms with Crippen LogP contribution in [-0.4, -0.2) is 24.6 Å². The van der Waals surface area contributed by atoms with Crippen LogP contribution in [0, 0.1) is 0 Å². The minimum absolute atomic E-state index is 0.0305. The molecule has 2 aromatic rings. The smallest absolute Gasteiger partial charge is 0.233 e. The van der Waals surface area contributed by atoms with Gasteiger partial charge in [0, 0.05) is 11.0 Å². The number of nitrogens with one attached hydrogen (secondary N) is 1. The molecule has 2 aromatic carbocycles. The molecule has 0 aliphatic heterocycles. The predicted molar refractivity (Wildman–Crippen MR) is 92.8 cm³/mol. The minimum atomic E-state index is -3.39. The monoisotopic (exact) mass is 383 g/mol. The standard InChI is InChI=1S/C16H18BrNO3S/c17-12-16(19)14-6-8-15(9-7-14)18-22(20,21)11-10-13-4-2-1-3-5-13/h1-9,16,18-19H,10-12H2. The molecule has 0 fully saturated rings. The summed E-state index contributed by atoms with van der Waals surface area (Å²) in [6, 6.07) is 16.2. The molecular formula is C16H18BrNO3S. The second kappa shape index (κ2) is 7.76. The van der Waals surface area contributed by atoms with Crippen molar-refractivity contribution < 1.29 is 13.5 Å². The molecule has 118 valence electrons. The van der Waals surface area contributed by atoms with Gasteiger partial charge in [-0.25, -0.2) is 8.42 Å². The summed E-state index contributed by atoms with van der Waals surface area (Å²) in [4.78, 5) is 0. The number of halogens is 1. The van der Waals surface area contributed by atoms with E-state index < -0.39 is 16.1 Å². The number of hydrogen-bond donors (Lipinski definition) is 2. The molecular weight excluding hydrogens is 366 g/mol. The number of alkyl halides is 1.